The van der Waals surface area contributed by atoms with Crippen LogP contribution in [0.15, 0.2) is 12.1 Å². The Morgan fingerprint density at radius 1 is 1.18 bits per heavy atom. The predicted molar refractivity (Wildman–Crippen MR) is 90.1 cm³/mol. The molecule has 0 aliphatic heterocycles. The summed E-state index contributed by atoms with van der Waals surface area (Å²) in [6, 6.07) is 3.75. The molecule has 0 heterocycles. The van der Waals surface area contributed by atoms with Gasteiger partial charge in [-0.1, -0.05) is 17.7 Å². The van der Waals surface area contributed by atoms with E-state index in [2.05, 4.69) is 10.6 Å². The Morgan fingerprint density at radius 3 is 2.23 bits per heavy atom. The average Bonchev–Trinajstić information content (AvgIpc) is 2.42. The van der Waals surface area contributed by atoms with Crippen LogP contribution in [0.1, 0.15) is 30.5 Å². The maximum absolute atomic E-state index is 12.2. The van der Waals surface area contributed by atoms with Gasteiger partial charge in [-0.25, -0.2) is 0 Å². The van der Waals surface area contributed by atoms with Crippen molar-refractivity contribution in [1.29, 1.82) is 0 Å². The van der Waals surface area contributed by atoms with Crippen molar-refractivity contribution in [2.45, 2.75) is 40.7 Å². The summed E-state index contributed by atoms with van der Waals surface area (Å²) in [5.74, 6) is -0.186. The minimum absolute atomic E-state index is 0.0690. The molecule has 0 unspecified atom stereocenters. The Hall–Kier alpha value is -1.88. The topological polar surface area (TPSA) is 61.4 Å². The third kappa shape index (κ3) is 4.84. The first-order valence-corrected chi connectivity index (χ1v) is 7.61. The smallest absolute Gasteiger partial charge is 0.238 e. The highest BCUT2D eigenvalue weighted by Gasteiger charge is 2.20. The van der Waals surface area contributed by atoms with E-state index < -0.39 is 0 Å². The second-order valence-corrected chi connectivity index (χ2v) is 5.81. The number of nitrogens with one attached hydrogen (secondary N) is 2. The molecule has 5 heteroatoms. The van der Waals surface area contributed by atoms with E-state index in [1.807, 2.05) is 39.8 Å². The molecule has 1 aromatic rings. The molecule has 5 nitrogen and oxygen atoms in total. The van der Waals surface area contributed by atoms with Crippen molar-refractivity contribution in [1.82, 2.24) is 10.2 Å². The van der Waals surface area contributed by atoms with E-state index in [0.29, 0.717) is 6.54 Å². The molecule has 2 N–H and O–H groups in total. The van der Waals surface area contributed by atoms with Gasteiger partial charge in [0, 0.05) is 12.2 Å². The Labute approximate surface area is 133 Å². The number of nitrogens with zero attached hydrogens (tertiary/aromatic N) is 1. The summed E-state index contributed by atoms with van der Waals surface area (Å²) in [6.45, 7) is 10.4. The van der Waals surface area contributed by atoms with Crippen molar-refractivity contribution in [2.75, 3.05) is 25.5 Å². The van der Waals surface area contributed by atoms with Gasteiger partial charge in [0.25, 0.3) is 0 Å². The first-order valence-electron chi connectivity index (χ1n) is 7.61. The molecular formula is C17H27N3O2. The number of carbonyl (C=O) groups is 2. The molecule has 0 aliphatic rings. The first-order chi connectivity index (χ1) is 10.3. The number of benzene rings is 1. The van der Waals surface area contributed by atoms with Crippen LogP contribution in [0.2, 0.25) is 0 Å². The number of anilines is 1. The molecule has 0 aliphatic carbocycles. The number of aryl methyl sites for hydroxylation is 3. The van der Waals surface area contributed by atoms with E-state index in [9.17, 15) is 9.59 Å². The number of amides is 2. The number of carbonyl (C=O) groups excluding carboxylic acids is 2. The van der Waals surface area contributed by atoms with E-state index in [4.69, 9.17) is 0 Å². The van der Waals surface area contributed by atoms with Gasteiger partial charge in [0.15, 0.2) is 0 Å². The lowest BCUT2D eigenvalue weighted by molar-refractivity contribution is -0.126. The number of likely N-dealkylation sites (N-methyl/N-ethyl adjacent to an activating group) is 2. The van der Waals surface area contributed by atoms with E-state index >= 15 is 0 Å². The SMILES string of the molecule is CCNC(=O)[C@@H](C)N(C)CC(=O)Nc1c(C)cc(C)cc1C. The molecule has 0 radical (unpaired) electrons. The molecule has 0 saturated heterocycles. The zero-order valence-electron chi connectivity index (χ0n) is 14.4. The highest BCUT2D eigenvalue weighted by atomic mass is 16.2. The van der Waals surface area contributed by atoms with Crippen LogP contribution in [0.5, 0.6) is 0 Å². The number of hydrogen-bond acceptors (Lipinski definition) is 3. The molecule has 1 aromatic carbocycles. The highest BCUT2D eigenvalue weighted by molar-refractivity contribution is 5.94. The molecule has 122 valence electrons. The molecule has 0 bridgehead atoms. The summed E-state index contributed by atoms with van der Waals surface area (Å²) in [5.41, 5.74) is 4.13. The van der Waals surface area contributed by atoms with Gasteiger partial charge in [-0.15, -0.1) is 0 Å². The lowest BCUT2D eigenvalue weighted by atomic mass is 10.1. The molecule has 22 heavy (non-hydrogen) atoms. The van der Waals surface area contributed by atoms with E-state index in [1.165, 1.54) is 5.56 Å². The Bertz CT molecular complexity index is 532. The van der Waals surface area contributed by atoms with Crippen LogP contribution in [0.3, 0.4) is 0 Å². The van der Waals surface area contributed by atoms with Crippen molar-refractivity contribution in [3.63, 3.8) is 0 Å². The fourth-order valence-corrected chi connectivity index (χ4v) is 2.44. The standard InChI is InChI=1S/C17H27N3O2/c1-7-18-17(22)14(5)20(6)10-15(21)19-16-12(3)8-11(2)9-13(16)4/h8-9,14H,7,10H2,1-6H3,(H,18,22)(H,19,21)/t14-/m1/s1. The molecule has 0 fully saturated rings. The molecule has 0 spiro atoms. The Balaban J connectivity index is 2.69. The fourth-order valence-electron chi connectivity index (χ4n) is 2.44. The summed E-state index contributed by atoms with van der Waals surface area (Å²) in [7, 11) is 1.77. The minimum atomic E-state index is -0.342. The van der Waals surface area contributed by atoms with E-state index in [0.717, 1.165) is 16.8 Å². The van der Waals surface area contributed by atoms with Crippen LogP contribution in [0, 0.1) is 20.8 Å². The second-order valence-electron chi connectivity index (χ2n) is 5.81. The average molecular weight is 305 g/mol. The van der Waals surface area contributed by atoms with E-state index in [-0.39, 0.29) is 24.4 Å². The summed E-state index contributed by atoms with van der Waals surface area (Å²) in [5, 5.41) is 5.71. The van der Waals surface area contributed by atoms with Crippen LogP contribution < -0.4 is 10.6 Å². The summed E-state index contributed by atoms with van der Waals surface area (Å²) in [6.07, 6.45) is 0. The van der Waals surface area contributed by atoms with E-state index in [1.54, 1.807) is 18.9 Å². The van der Waals surface area contributed by atoms with Gasteiger partial charge in [-0.2, -0.15) is 0 Å². The quantitative estimate of drug-likeness (QED) is 0.845. The van der Waals surface area contributed by atoms with Crippen LogP contribution in [-0.4, -0.2) is 42.9 Å². The largest absolute Gasteiger partial charge is 0.355 e. The summed E-state index contributed by atoms with van der Waals surface area (Å²) >= 11 is 0. The van der Waals surface area contributed by atoms with Gasteiger partial charge in [0.2, 0.25) is 11.8 Å². The van der Waals surface area contributed by atoms with Gasteiger partial charge in [-0.05, 0) is 52.8 Å². The lowest BCUT2D eigenvalue weighted by Crippen LogP contribution is -2.45. The molecular weight excluding hydrogens is 278 g/mol. The molecule has 2 amide bonds. The lowest BCUT2D eigenvalue weighted by Gasteiger charge is -2.23. The van der Waals surface area contributed by atoms with Crippen molar-refractivity contribution >= 4 is 17.5 Å². The van der Waals surface area contributed by atoms with Crippen LogP contribution >= 0.6 is 0 Å². The van der Waals surface area contributed by atoms with Crippen molar-refractivity contribution in [3.05, 3.63) is 28.8 Å². The van der Waals surface area contributed by atoms with Gasteiger partial charge in [-0.3, -0.25) is 14.5 Å². The zero-order valence-corrected chi connectivity index (χ0v) is 14.4. The minimum Gasteiger partial charge on any atom is -0.355 e. The van der Waals surface area contributed by atoms with Gasteiger partial charge >= 0.3 is 0 Å². The van der Waals surface area contributed by atoms with Gasteiger partial charge < -0.3 is 10.6 Å². The van der Waals surface area contributed by atoms with Gasteiger partial charge in [0.1, 0.15) is 0 Å². The van der Waals surface area contributed by atoms with Crippen molar-refractivity contribution in [2.24, 2.45) is 0 Å². The molecule has 0 saturated carbocycles. The second kappa shape index (κ2) is 7.94. The summed E-state index contributed by atoms with van der Waals surface area (Å²) in [4.78, 5) is 25.7. The Morgan fingerprint density at radius 2 is 1.73 bits per heavy atom. The third-order valence-electron chi connectivity index (χ3n) is 3.73. The molecule has 1 rings (SSSR count). The monoisotopic (exact) mass is 305 g/mol. The highest BCUT2D eigenvalue weighted by Crippen LogP contribution is 2.21. The zero-order chi connectivity index (χ0) is 16.9. The summed E-state index contributed by atoms with van der Waals surface area (Å²) < 4.78 is 0. The van der Waals surface area contributed by atoms with Crippen LogP contribution in [0.25, 0.3) is 0 Å². The maximum Gasteiger partial charge on any atom is 0.238 e. The normalized spacial score (nSPS) is 12.1. The van der Waals surface area contributed by atoms with Crippen LogP contribution in [0.4, 0.5) is 5.69 Å². The third-order valence-corrected chi connectivity index (χ3v) is 3.73. The van der Waals surface area contributed by atoms with Crippen LogP contribution in [-0.2, 0) is 9.59 Å². The van der Waals surface area contributed by atoms with Crippen molar-refractivity contribution in [3.8, 4) is 0 Å². The van der Waals surface area contributed by atoms with Gasteiger partial charge in [0.05, 0.1) is 12.6 Å². The number of hydrogen-bond donors (Lipinski definition) is 2. The molecule has 0 aromatic heterocycles. The van der Waals surface area contributed by atoms with Crippen molar-refractivity contribution < 1.29 is 9.59 Å². The fraction of sp³-hybridized carbons (Fsp3) is 0.529. The Kier molecular flexibility index (Phi) is 6.56. The first kappa shape index (κ1) is 18.2. The predicted octanol–water partition coefficient (Wildman–Crippen LogP) is 2.01. The maximum atomic E-state index is 12.2. The number of rotatable bonds is 6. The molecule has 1 atom stereocenters.